The van der Waals surface area contributed by atoms with Gasteiger partial charge in [-0.1, -0.05) is 24.3 Å². The second-order valence-electron chi connectivity index (χ2n) is 7.23. The Morgan fingerprint density at radius 2 is 1.87 bits per heavy atom. The van der Waals surface area contributed by atoms with E-state index < -0.39 is 6.10 Å². The lowest BCUT2D eigenvalue weighted by Gasteiger charge is -2.30. The molecule has 160 valence electrons. The SMILES string of the molecule is Cl.Cl.O[C@H]1c2cc(Oc3ccc4ccccc4n3)ccc2OC[C@H]1Cc1cccnc1. The van der Waals surface area contributed by atoms with Crippen LogP contribution in [0.25, 0.3) is 10.9 Å². The maximum Gasteiger partial charge on any atom is 0.219 e. The average molecular weight is 457 g/mol. The van der Waals surface area contributed by atoms with Crippen LogP contribution in [0.1, 0.15) is 17.2 Å². The van der Waals surface area contributed by atoms with Crippen molar-refractivity contribution in [3.63, 3.8) is 0 Å². The van der Waals surface area contributed by atoms with Crippen molar-refractivity contribution in [1.82, 2.24) is 9.97 Å². The Labute approximate surface area is 192 Å². The summed E-state index contributed by atoms with van der Waals surface area (Å²) in [6, 6.07) is 21.2. The van der Waals surface area contributed by atoms with E-state index in [1.54, 1.807) is 6.20 Å². The van der Waals surface area contributed by atoms with Gasteiger partial charge in [0, 0.05) is 35.3 Å². The van der Waals surface area contributed by atoms with E-state index in [0.717, 1.165) is 22.0 Å². The van der Waals surface area contributed by atoms with Gasteiger partial charge in [-0.15, -0.1) is 24.8 Å². The van der Waals surface area contributed by atoms with Gasteiger partial charge >= 0.3 is 0 Å². The van der Waals surface area contributed by atoms with Crippen molar-refractivity contribution in [1.29, 1.82) is 0 Å². The van der Waals surface area contributed by atoms with Gasteiger partial charge in [0.25, 0.3) is 0 Å². The Morgan fingerprint density at radius 1 is 1.00 bits per heavy atom. The quantitative estimate of drug-likeness (QED) is 0.435. The largest absolute Gasteiger partial charge is 0.493 e. The van der Waals surface area contributed by atoms with Crippen LogP contribution in [0.4, 0.5) is 0 Å². The number of rotatable bonds is 4. The van der Waals surface area contributed by atoms with Crippen molar-refractivity contribution in [2.75, 3.05) is 6.61 Å². The molecule has 2 aromatic heterocycles. The molecule has 0 unspecified atom stereocenters. The van der Waals surface area contributed by atoms with Crippen LogP contribution in [0.15, 0.2) is 79.1 Å². The Bertz CT molecular complexity index is 1160. The van der Waals surface area contributed by atoms with Gasteiger partial charge in [0.2, 0.25) is 5.88 Å². The van der Waals surface area contributed by atoms with E-state index in [9.17, 15) is 5.11 Å². The van der Waals surface area contributed by atoms with Gasteiger partial charge < -0.3 is 14.6 Å². The highest BCUT2D eigenvalue weighted by molar-refractivity contribution is 5.85. The summed E-state index contributed by atoms with van der Waals surface area (Å²) < 4.78 is 11.9. The van der Waals surface area contributed by atoms with E-state index in [4.69, 9.17) is 9.47 Å². The molecule has 2 atom stereocenters. The molecule has 5 rings (SSSR count). The van der Waals surface area contributed by atoms with Crippen molar-refractivity contribution in [2.45, 2.75) is 12.5 Å². The van der Waals surface area contributed by atoms with Crippen LogP contribution in [0, 0.1) is 5.92 Å². The number of ether oxygens (including phenoxy) is 2. The second kappa shape index (κ2) is 9.96. The molecule has 2 aromatic carbocycles. The minimum atomic E-state index is -0.632. The monoisotopic (exact) mass is 456 g/mol. The fourth-order valence-corrected chi connectivity index (χ4v) is 3.71. The van der Waals surface area contributed by atoms with Crippen LogP contribution in [0.2, 0.25) is 0 Å². The van der Waals surface area contributed by atoms with Crippen LogP contribution in [-0.2, 0) is 6.42 Å². The molecule has 0 saturated carbocycles. The summed E-state index contributed by atoms with van der Waals surface area (Å²) in [5.74, 6) is 1.79. The molecule has 1 aliphatic heterocycles. The van der Waals surface area contributed by atoms with E-state index in [1.807, 2.05) is 72.9 Å². The first-order chi connectivity index (χ1) is 14.3. The fourth-order valence-electron chi connectivity index (χ4n) is 3.71. The molecule has 31 heavy (non-hydrogen) atoms. The highest BCUT2D eigenvalue weighted by atomic mass is 35.5. The third-order valence-electron chi connectivity index (χ3n) is 5.22. The summed E-state index contributed by atoms with van der Waals surface area (Å²) in [5.41, 5.74) is 2.70. The third-order valence-corrected chi connectivity index (χ3v) is 5.22. The van der Waals surface area contributed by atoms with Crippen LogP contribution < -0.4 is 9.47 Å². The molecule has 0 fully saturated rings. The normalized spacial score (nSPS) is 16.9. The minimum absolute atomic E-state index is 0. The summed E-state index contributed by atoms with van der Waals surface area (Å²) in [5, 5.41) is 12.0. The lowest BCUT2D eigenvalue weighted by Crippen LogP contribution is -2.27. The van der Waals surface area contributed by atoms with Gasteiger partial charge in [0.05, 0.1) is 18.2 Å². The van der Waals surface area contributed by atoms with Crippen molar-refractivity contribution in [3.05, 3.63) is 90.3 Å². The lowest BCUT2D eigenvalue weighted by atomic mass is 9.88. The topological polar surface area (TPSA) is 64.5 Å². The van der Waals surface area contributed by atoms with Gasteiger partial charge in [-0.25, -0.2) is 4.98 Å². The zero-order chi connectivity index (χ0) is 19.6. The first-order valence-corrected chi connectivity index (χ1v) is 9.64. The molecule has 0 amide bonds. The molecule has 7 heteroatoms. The Balaban J connectivity index is 0.00000136. The molecule has 0 aliphatic carbocycles. The third kappa shape index (κ3) is 4.90. The van der Waals surface area contributed by atoms with Gasteiger partial charge in [-0.3, -0.25) is 4.98 Å². The van der Waals surface area contributed by atoms with E-state index in [1.165, 1.54) is 0 Å². The number of fused-ring (bicyclic) bond motifs is 2. The Kier molecular flexibility index (Phi) is 7.33. The molecule has 4 aromatic rings. The predicted molar refractivity (Wildman–Crippen MR) is 125 cm³/mol. The fraction of sp³-hybridized carbons (Fsp3) is 0.167. The van der Waals surface area contributed by atoms with Crippen molar-refractivity contribution >= 4 is 35.7 Å². The molecule has 0 bridgehead atoms. The number of halogens is 2. The van der Waals surface area contributed by atoms with Crippen molar-refractivity contribution < 1.29 is 14.6 Å². The Hall–Kier alpha value is -2.86. The maximum absolute atomic E-state index is 10.9. The molecule has 0 saturated heterocycles. The molecule has 3 heterocycles. The number of hydrogen-bond acceptors (Lipinski definition) is 5. The van der Waals surface area contributed by atoms with Crippen LogP contribution in [0.5, 0.6) is 17.4 Å². The number of pyridine rings is 2. The predicted octanol–water partition coefficient (Wildman–Crippen LogP) is 5.55. The first kappa shape index (κ1) is 22.8. The van der Waals surface area contributed by atoms with E-state index >= 15 is 0 Å². The number of aromatic nitrogens is 2. The van der Waals surface area contributed by atoms with Gasteiger partial charge in [-0.05, 0) is 48.4 Å². The zero-order valence-electron chi connectivity index (χ0n) is 16.5. The lowest BCUT2D eigenvalue weighted by molar-refractivity contribution is 0.0505. The molecule has 0 spiro atoms. The number of aliphatic hydroxyl groups is 1. The molecular formula is C24H22Cl2N2O3. The highest BCUT2D eigenvalue weighted by Gasteiger charge is 2.30. The molecule has 1 N–H and O–H groups in total. The van der Waals surface area contributed by atoms with Crippen LogP contribution in [0.3, 0.4) is 0 Å². The Morgan fingerprint density at radius 3 is 2.71 bits per heavy atom. The zero-order valence-corrected chi connectivity index (χ0v) is 18.2. The first-order valence-electron chi connectivity index (χ1n) is 9.64. The van der Waals surface area contributed by atoms with Crippen molar-refractivity contribution in [2.24, 2.45) is 5.92 Å². The summed E-state index contributed by atoms with van der Waals surface area (Å²) in [7, 11) is 0. The van der Waals surface area contributed by atoms with Crippen LogP contribution in [-0.4, -0.2) is 21.7 Å². The van der Waals surface area contributed by atoms with Gasteiger partial charge in [-0.2, -0.15) is 0 Å². The van der Waals surface area contributed by atoms with Gasteiger partial charge in [0.1, 0.15) is 11.5 Å². The number of para-hydroxylation sites is 1. The van der Waals surface area contributed by atoms with E-state index in [-0.39, 0.29) is 30.7 Å². The number of nitrogens with zero attached hydrogens (tertiary/aromatic N) is 2. The second-order valence-corrected chi connectivity index (χ2v) is 7.23. The van der Waals surface area contributed by atoms with Crippen LogP contribution >= 0.6 is 24.8 Å². The molecule has 1 aliphatic rings. The molecule has 5 nitrogen and oxygen atoms in total. The smallest absolute Gasteiger partial charge is 0.219 e. The average Bonchev–Trinajstić information content (AvgIpc) is 2.77. The van der Waals surface area contributed by atoms with E-state index in [0.29, 0.717) is 30.4 Å². The standard InChI is InChI=1S/C24H20N2O3.2ClH/c27-24-18(12-16-4-3-11-25-14-16)15-28-22-9-8-19(13-20(22)24)29-23-10-7-17-5-1-2-6-21(17)26-23;;/h1-11,13-14,18,24,27H,12,15H2;2*1H/t18-,24-;;/m1../s1. The molecular weight excluding hydrogens is 435 g/mol. The highest BCUT2D eigenvalue weighted by Crippen LogP contribution is 2.39. The minimum Gasteiger partial charge on any atom is -0.493 e. The number of aliphatic hydroxyl groups excluding tert-OH is 1. The summed E-state index contributed by atoms with van der Waals surface area (Å²) >= 11 is 0. The van der Waals surface area contributed by atoms with Crippen molar-refractivity contribution in [3.8, 4) is 17.4 Å². The van der Waals surface area contributed by atoms with Gasteiger partial charge in [0.15, 0.2) is 0 Å². The number of hydrogen-bond donors (Lipinski definition) is 1. The summed E-state index contributed by atoms with van der Waals surface area (Å²) in [4.78, 5) is 8.70. The summed E-state index contributed by atoms with van der Waals surface area (Å²) in [6.07, 6.45) is 3.64. The van der Waals surface area contributed by atoms with E-state index in [2.05, 4.69) is 9.97 Å². The number of benzene rings is 2. The maximum atomic E-state index is 10.9. The molecule has 0 radical (unpaired) electrons. The summed E-state index contributed by atoms with van der Waals surface area (Å²) in [6.45, 7) is 0.468.